The summed E-state index contributed by atoms with van der Waals surface area (Å²) in [6.07, 6.45) is 0.323. The second-order valence-electron chi connectivity index (χ2n) is 4.35. The van der Waals surface area contributed by atoms with Crippen LogP contribution in [0.5, 0.6) is 0 Å². The first-order valence-electron chi connectivity index (χ1n) is 6.09. The minimum absolute atomic E-state index is 0.0903. The summed E-state index contributed by atoms with van der Waals surface area (Å²) in [6.45, 7) is 4.15. The number of nitrogens with zero attached hydrogens (tertiary/aromatic N) is 1. The Bertz CT molecular complexity index is 469. The average Bonchev–Trinajstić information content (AvgIpc) is 2.35. The van der Waals surface area contributed by atoms with Gasteiger partial charge in [-0.15, -0.1) is 0 Å². The van der Waals surface area contributed by atoms with E-state index in [-0.39, 0.29) is 18.4 Å². The van der Waals surface area contributed by atoms with Gasteiger partial charge in [0.2, 0.25) is 5.91 Å². The molecule has 0 saturated carbocycles. The van der Waals surface area contributed by atoms with Crippen molar-refractivity contribution < 1.29 is 9.53 Å². The molecule has 1 amide bonds. The number of hydrogen-bond acceptors (Lipinski definition) is 3. The van der Waals surface area contributed by atoms with Crippen LogP contribution >= 0.6 is 11.6 Å². The van der Waals surface area contributed by atoms with E-state index in [2.05, 4.69) is 5.32 Å². The van der Waals surface area contributed by atoms with Crippen LogP contribution in [0.2, 0.25) is 5.02 Å². The molecule has 102 valence electrons. The van der Waals surface area contributed by atoms with E-state index >= 15 is 0 Å². The van der Waals surface area contributed by atoms with Gasteiger partial charge in [-0.05, 0) is 31.5 Å². The Kier molecular flexibility index (Phi) is 6.34. The summed E-state index contributed by atoms with van der Waals surface area (Å²) in [7, 11) is 0. The quantitative estimate of drug-likeness (QED) is 0.871. The Morgan fingerprint density at radius 2 is 2.26 bits per heavy atom. The van der Waals surface area contributed by atoms with E-state index in [9.17, 15) is 4.79 Å². The molecule has 0 aliphatic carbocycles. The molecule has 0 aromatic heterocycles. The van der Waals surface area contributed by atoms with Crippen LogP contribution in [0.3, 0.4) is 0 Å². The minimum atomic E-state index is -0.690. The molecule has 1 rings (SSSR count). The maximum absolute atomic E-state index is 11.7. The molecule has 1 aromatic carbocycles. The standard InChI is InChI=1S/C14H17ClN2O2/c1-10(2)19-7-6-14(18)17-13(9-16)11-4-3-5-12(15)8-11/h3-5,8,10,13H,6-7H2,1-2H3,(H,17,18)/t13-/m0/s1. The molecule has 0 unspecified atom stereocenters. The van der Waals surface area contributed by atoms with Crippen molar-refractivity contribution in [2.75, 3.05) is 6.61 Å². The molecule has 0 saturated heterocycles. The summed E-state index contributed by atoms with van der Waals surface area (Å²) < 4.78 is 5.29. The third-order valence-corrected chi connectivity index (χ3v) is 2.63. The normalized spacial score (nSPS) is 11.9. The highest BCUT2D eigenvalue weighted by molar-refractivity contribution is 6.30. The van der Waals surface area contributed by atoms with E-state index in [0.717, 1.165) is 0 Å². The molecular weight excluding hydrogens is 264 g/mol. The number of halogens is 1. The predicted octanol–water partition coefficient (Wildman–Crippen LogP) is 2.84. The number of carbonyl (C=O) groups excluding carboxylic acids is 1. The van der Waals surface area contributed by atoms with Gasteiger partial charge in [-0.25, -0.2) is 0 Å². The Hall–Kier alpha value is -1.57. The fourth-order valence-electron chi connectivity index (χ4n) is 1.50. The third-order valence-electron chi connectivity index (χ3n) is 2.40. The van der Waals surface area contributed by atoms with Gasteiger partial charge in [0.15, 0.2) is 0 Å². The van der Waals surface area contributed by atoms with E-state index < -0.39 is 6.04 Å². The van der Waals surface area contributed by atoms with E-state index in [0.29, 0.717) is 17.2 Å². The number of amides is 1. The number of ether oxygens (including phenoxy) is 1. The second kappa shape index (κ2) is 7.78. The first kappa shape index (κ1) is 15.5. The smallest absolute Gasteiger partial charge is 0.223 e. The van der Waals surface area contributed by atoms with Crippen LogP contribution in [0.1, 0.15) is 31.9 Å². The van der Waals surface area contributed by atoms with Crippen molar-refractivity contribution in [2.45, 2.75) is 32.4 Å². The minimum Gasteiger partial charge on any atom is -0.378 e. The fraction of sp³-hybridized carbons (Fsp3) is 0.429. The van der Waals surface area contributed by atoms with Gasteiger partial charge in [-0.2, -0.15) is 5.26 Å². The van der Waals surface area contributed by atoms with Gasteiger partial charge in [0.25, 0.3) is 0 Å². The summed E-state index contributed by atoms with van der Waals surface area (Å²) in [6, 6.07) is 8.24. The molecule has 0 fully saturated rings. The number of nitriles is 1. The molecule has 0 spiro atoms. The summed E-state index contributed by atoms with van der Waals surface area (Å²) >= 11 is 5.86. The van der Waals surface area contributed by atoms with Crippen LogP contribution in [-0.2, 0) is 9.53 Å². The lowest BCUT2D eigenvalue weighted by atomic mass is 10.1. The lowest BCUT2D eigenvalue weighted by molar-refractivity contribution is -0.122. The predicted molar refractivity (Wildman–Crippen MR) is 73.7 cm³/mol. The first-order chi connectivity index (χ1) is 9.02. The van der Waals surface area contributed by atoms with E-state index in [1.165, 1.54) is 0 Å². The van der Waals surface area contributed by atoms with Crippen molar-refractivity contribution in [1.82, 2.24) is 5.32 Å². The molecule has 0 radical (unpaired) electrons. The first-order valence-corrected chi connectivity index (χ1v) is 6.46. The summed E-state index contributed by atoms with van der Waals surface area (Å²) in [5, 5.41) is 12.3. The van der Waals surface area contributed by atoms with Crippen molar-refractivity contribution in [2.24, 2.45) is 0 Å². The Labute approximate surface area is 118 Å². The van der Waals surface area contributed by atoms with Crippen molar-refractivity contribution in [1.29, 1.82) is 5.26 Å². The van der Waals surface area contributed by atoms with Gasteiger partial charge in [0, 0.05) is 5.02 Å². The SMILES string of the molecule is CC(C)OCCC(=O)N[C@@H](C#N)c1cccc(Cl)c1. The Balaban J connectivity index is 2.53. The number of carbonyl (C=O) groups is 1. The van der Waals surface area contributed by atoms with Crippen LogP contribution < -0.4 is 5.32 Å². The van der Waals surface area contributed by atoms with Gasteiger partial charge in [0.1, 0.15) is 6.04 Å². The molecular formula is C14H17ClN2O2. The topological polar surface area (TPSA) is 62.1 Å². The highest BCUT2D eigenvalue weighted by atomic mass is 35.5. The molecule has 0 bridgehead atoms. The zero-order chi connectivity index (χ0) is 14.3. The van der Waals surface area contributed by atoms with Crippen LogP contribution in [0.4, 0.5) is 0 Å². The Morgan fingerprint density at radius 1 is 1.53 bits per heavy atom. The zero-order valence-electron chi connectivity index (χ0n) is 11.0. The number of benzene rings is 1. The van der Waals surface area contributed by atoms with Crippen LogP contribution in [-0.4, -0.2) is 18.6 Å². The average molecular weight is 281 g/mol. The summed E-state index contributed by atoms with van der Waals surface area (Å²) in [4.78, 5) is 11.7. The van der Waals surface area contributed by atoms with Gasteiger partial charge in [-0.1, -0.05) is 23.7 Å². The highest BCUT2D eigenvalue weighted by Gasteiger charge is 2.14. The summed E-state index contributed by atoms with van der Waals surface area (Å²) in [5.41, 5.74) is 0.674. The highest BCUT2D eigenvalue weighted by Crippen LogP contribution is 2.17. The van der Waals surface area contributed by atoms with Crippen molar-refractivity contribution >= 4 is 17.5 Å². The van der Waals surface area contributed by atoms with E-state index in [1.54, 1.807) is 24.3 Å². The maximum Gasteiger partial charge on any atom is 0.223 e. The van der Waals surface area contributed by atoms with E-state index in [4.69, 9.17) is 21.6 Å². The number of hydrogen-bond donors (Lipinski definition) is 1. The maximum atomic E-state index is 11.7. The monoisotopic (exact) mass is 280 g/mol. The number of rotatable bonds is 6. The van der Waals surface area contributed by atoms with Crippen LogP contribution in [0, 0.1) is 11.3 Å². The fourth-order valence-corrected chi connectivity index (χ4v) is 1.70. The third kappa shape index (κ3) is 5.73. The van der Waals surface area contributed by atoms with Gasteiger partial charge < -0.3 is 10.1 Å². The van der Waals surface area contributed by atoms with Gasteiger partial charge in [0.05, 0.1) is 25.2 Å². The molecule has 5 heteroatoms. The van der Waals surface area contributed by atoms with Crippen LogP contribution in [0.15, 0.2) is 24.3 Å². The van der Waals surface area contributed by atoms with Gasteiger partial charge >= 0.3 is 0 Å². The Morgan fingerprint density at radius 3 is 2.84 bits per heavy atom. The van der Waals surface area contributed by atoms with Crippen molar-refractivity contribution in [3.63, 3.8) is 0 Å². The zero-order valence-corrected chi connectivity index (χ0v) is 11.8. The lowest BCUT2D eigenvalue weighted by Crippen LogP contribution is -2.28. The largest absolute Gasteiger partial charge is 0.378 e. The molecule has 19 heavy (non-hydrogen) atoms. The van der Waals surface area contributed by atoms with Crippen molar-refractivity contribution in [3.8, 4) is 6.07 Å². The summed E-state index contributed by atoms with van der Waals surface area (Å²) in [5.74, 6) is -0.216. The van der Waals surface area contributed by atoms with E-state index in [1.807, 2.05) is 19.9 Å². The molecule has 0 heterocycles. The van der Waals surface area contributed by atoms with Crippen molar-refractivity contribution in [3.05, 3.63) is 34.9 Å². The molecule has 0 aliphatic rings. The molecule has 1 aromatic rings. The number of nitrogens with one attached hydrogen (secondary N) is 1. The molecule has 4 nitrogen and oxygen atoms in total. The van der Waals surface area contributed by atoms with Gasteiger partial charge in [-0.3, -0.25) is 4.79 Å². The lowest BCUT2D eigenvalue weighted by Gasteiger charge is -2.13. The van der Waals surface area contributed by atoms with Crippen LogP contribution in [0.25, 0.3) is 0 Å². The molecule has 0 aliphatic heterocycles. The second-order valence-corrected chi connectivity index (χ2v) is 4.79. The molecule has 1 atom stereocenters. The molecule has 1 N–H and O–H groups in total.